The zero-order valence-electron chi connectivity index (χ0n) is 12.8. The summed E-state index contributed by atoms with van der Waals surface area (Å²) in [6.45, 7) is 4.88. The van der Waals surface area contributed by atoms with E-state index in [1.165, 1.54) is 31.4 Å². The van der Waals surface area contributed by atoms with Crippen LogP contribution in [0.4, 0.5) is 0 Å². The first-order valence-electron chi connectivity index (χ1n) is 8.13. The van der Waals surface area contributed by atoms with Crippen LogP contribution in [0.25, 0.3) is 0 Å². The summed E-state index contributed by atoms with van der Waals surface area (Å²) in [7, 11) is 0. The van der Waals surface area contributed by atoms with Gasteiger partial charge in [-0.3, -0.25) is 14.7 Å². The van der Waals surface area contributed by atoms with E-state index in [1.54, 1.807) is 0 Å². The van der Waals surface area contributed by atoms with Gasteiger partial charge in [-0.25, -0.2) is 0 Å². The summed E-state index contributed by atoms with van der Waals surface area (Å²) >= 11 is 0. The second-order valence-corrected chi connectivity index (χ2v) is 6.44. The Bertz CT molecular complexity index is 503. The van der Waals surface area contributed by atoms with Crippen LogP contribution in [-0.2, 0) is 11.2 Å². The van der Waals surface area contributed by atoms with Crippen LogP contribution in [0.15, 0.2) is 18.3 Å². The molecule has 0 spiro atoms. The quantitative estimate of drug-likeness (QED) is 0.869. The molecule has 2 atom stereocenters. The number of hydrogen-bond acceptors (Lipinski definition) is 3. The van der Waals surface area contributed by atoms with Crippen LogP contribution in [0, 0.1) is 12.8 Å². The van der Waals surface area contributed by atoms with Gasteiger partial charge in [0.2, 0.25) is 5.91 Å². The minimum Gasteiger partial charge on any atom is -0.356 e. The van der Waals surface area contributed by atoms with Gasteiger partial charge >= 0.3 is 0 Å². The van der Waals surface area contributed by atoms with E-state index in [2.05, 4.69) is 28.2 Å². The largest absolute Gasteiger partial charge is 0.356 e. The fraction of sp³-hybridized carbons (Fsp3) is 0.647. The summed E-state index contributed by atoms with van der Waals surface area (Å²) in [4.78, 5) is 18.8. The van der Waals surface area contributed by atoms with Crippen molar-refractivity contribution in [1.82, 2.24) is 15.2 Å². The highest BCUT2D eigenvalue weighted by atomic mass is 16.1. The van der Waals surface area contributed by atoms with Crippen molar-refractivity contribution in [2.45, 2.75) is 45.1 Å². The number of aryl methyl sites for hydroxylation is 1. The van der Waals surface area contributed by atoms with Gasteiger partial charge in [-0.15, -0.1) is 0 Å². The maximum atomic E-state index is 11.9. The van der Waals surface area contributed by atoms with Gasteiger partial charge in [0.15, 0.2) is 0 Å². The van der Waals surface area contributed by atoms with Gasteiger partial charge in [0.05, 0.1) is 0 Å². The molecule has 1 N–H and O–H groups in total. The predicted molar refractivity (Wildman–Crippen MR) is 83.0 cm³/mol. The lowest BCUT2D eigenvalue weighted by molar-refractivity contribution is -0.121. The number of amides is 1. The molecule has 4 heteroatoms. The fourth-order valence-electron chi connectivity index (χ4n) is 3.73. The third-order valence-electron chi connectivity index (χ3n) is 4.95. The van der Waals surface area contributed by atoms with Gasteiger partial charge in [0, 0.05) is 50.4 Å². The number of likely N-dealkylation sites (tertiary alicyclic amines) is 1. The van der Waals surface area contributed by atoms with E-state index in [1.807, 2.05) is 12.3 Å². The molecule has 1 saturated heterocycles. The van der Waals surface area contributed by atoms with Crippen molar-refractivity contribution in [2.75, 3.05) is 19.6 Å². The standard InChI is InChI=1S/C17H25N3O/c1-13-3-2-8-18-16(13)6-9-19-17(21)7-10-20-12-14-4-5-15(20)11-14/h2-3,8,14-15H,4-7,9-12H2,1H3,(H,19,21)/t14-,15+/m1/s1. The molecule has 1 aliphatic carbocycles. The average Bonchev–Trinajstić information content (AvgIpc) is 3.10. The van der Waals surface area contributed by atoms with Gasteiger partial charge in [0.25, 0.3) is 0 Å². The highest BCUT2D eigenvalue weighted by molar-refractivity contribution is 5.76. The molecular weight excluding hydrogens is 262 g/mol. The van der Waals surface area contributed by atoms with Crippen molar-refractivity contribution >= 4 is 5.91 Å². The number of piperidine rings is 1. The smallest absolute Gasteiger partial charge is 0.221 e. The highest BCUT2D eigenvalue weighted by Gasteiger charge is 2.37. The molecule has 21 heavy (non-hydrogen) atoms. The van der Waals surface area contributed by atoms with E-state index in [9.17, 15) is 4.79 Å². The number of carbonyl (C=O) groups is 1. The number of carbonyl (C=O) groups excluding carboxylic acids is 1. The third kappa shape index (κ3) is 3.62. The van der Waals surface area contributed by atoms with Crippen LogP contribution in [0.2, 0.25) is 0 Å². The summed E-state index contributed by atoms with van der Waals surface area (Å²) < 4.78 is 0. The highest BCUT2D eigenvalue weighted by Crippen LogP contribution is 2.37. The Morgan fingerprint density at radius 2 is 2.38 bits per heavy atom. The monoisotopic (exact) mass is 287 g/mol. The van der Waals surface area contributed by atoms with E-state index >= 15 is 0 Å². The number of fused-ring (bicyclic) bond motifs is 2. The van der Waals surface area contributed by atoms with Gasteiger partial charge < -0.3 is 5.32 Å². The molecule has 114 valence electrons. The Hall–Kier alpha value is -1.42. The summed E-state index contributed by atoms with van der Waals surface area (Å²) in [5.74, 6) is 1.08. The van der Waals surface area contributed by atoms with Crippen molar-refractivity contribution in [3.63, 3.8) is 0 Å². The Kier molecular flexibility index (Phi) is 4.54. The average molecular weight is 287 g/mol. The van der Waals surface area contributed by atoms with Crippen LogP contribution in [0.1, 0.15) is 36.9 Å². The minimum atomic E-state index is 0.173. The molecule has 1 saturated carbocycles. The summed E-state index contributed by atoms with van der Waals surface area (Å²) in [5, 5.41) is 3.02. The minimum absolute atomic E-state index is 0.173. The second kappa shape index (κ2) is 6.56. The molecule has 4 nitrogen and oxygen atoms in total. The van der Waals surface area contributed by atoms with Gasteiger partial charge in [-0.1, -0.05) is 6.07 Å². The summed E-state index contributed by atoms with van der Waals surface area (Å²) in [6, 6.07) is 4.77. The molecule has 2 bridgehead atoms. The van der Waals surface area contributed by atoms with Gasteiger partial charge in [0.1, 0.15) is 0 Å². The number of hydrogen-bond donors (Lipinski definition) is 1. The second-order valence-electron chi connectivity index (χ2n) is 6.44. The Morgan fingerprint density at radius 3 is 3.10 bits per heavy atom. The SMILES string of the molecule is Cc1cccnc1CCNC(=O)CCN1C[C@@H]2CC[C@H]1C2. The van der Waals surface area contributed by atoms with E-state index in [0.717, 1.165) is 30.6 Å². The molecule has 1 aromatic heterocycles. The van der Waals surface area contributed by atoms with Crippen molar-refractivity contribution in [3.05, 3.63) is 29.6 Å². The van der Waals surface area contributed by atoms with Crippen molar-refractivity contribution in [2.24, 2.45) is 5.92 Å². The molecule has 0 radical (unpaired) electrons. The molecule has 0 aromatic carbocycles. The zero-order chi connectivity index (χ0) is 14.7. The van der Waals surface area contributed by atoms with E-state index in [0.29, 0.717) is 13.0 Å². The molecule has 1 aliphatic heterocycles. The fourth-order valence-corrected chi connectivity index (χ4v) is 3.73. The molecular formula is C17H25N3O. The lowest BCUT2D eigenvalue weighted by atomic mass is 10.1. The first-order chi connectivity index (χ1) is 10.2. The Morgan fingerprint density at radius 1 is 1.48 bits per heavy atom. The van der Waals surface area contributed by atoms with E-state index in [-0.39, 0.29) is 5.91 Å². The van der Waals surface area contributed by atoms with Crippen LogP contribution in [0.3, 0.4) is 0 Å². The maximum Gasteiger partial charge on any atom is 0.221 e. The number of nitrogens with one attached hydrogen (secondary N) is 1. The topological polar surface area (TPSA) is 45.2 Å². The molecule has 1 amide bonds. The van der Waals surface area contributed by atoms with Crippen LogP contribution < -0.4 is 5.32 Å². The first kappa shape index (κ1) is 14.5. The number of nitrogens with zero attached hydrogens (tertiary/aromatic N) is 2. The molecule has 3 rings (SSSR count). The molecule has 2 fully saturated rings. The normalized spacial score (nSPS) is 24.4. The first-order valence-corrected chi connectivity index (χ1v) is 8.13. The van der Waals surface area contributed by atoms with Crippen molar-refractivity contribution in [1.29, 1.82) is 0 Å². The third-order valence-corrected chi connectivity index (χ3v) is 4.95. The Balaban J connectivity index is 1.34. The molecule has 1 aromatic rings. The van der Waals surface area contributed by atoms with Gasteiger partial charge in [-0.2, -0.15) is 0 Å². The van der Waals surface area contributed by atoms with Crippen LogP contribution >= 0.6 is 0 Å². The lowest BCUT2D eigenvalue weighted by Crippen LogP contribution is -2.36. The van der Waals surface area contributed by atoms with E-state index in [4.69, 9.17) is 0 Å². The van der Waals surface area contributed by atoms with Crippen LogP contribution in [0.5, 0.6) is 0 Å². The number of pyridine rings is 1. The molecule has 0 unspecified atom stereocenters. The maximum absolute atomic E-state index is 11.9. The summed E-state index contributed by atoms with van der Waals surface area (Å²) in [6.07, 6.45) is 7.35. The van der Waals surface area contributed by atoms with Crippen molar-refractivity contribution < 1.29 is 4.79 Å². The molecule has 2 aliphatic rings. The number of rotatable bonds is 6. The van der Waals surface area contributed by atoms with Crippen LogP contribution in [-0.4, -0.2) is 41.5 Å². The summed E-state index contributed by atoms with van der Waals surface area (Å²) in [5.41, 5.74) is 2.27. The lowest BCUT2D eigenvalue weighted by Gasteiger charge is -2.26. The Labute approximate surface area is 126 Å². The number of aromatic nitrogens is 1. The zero-order valence-corrected chi connectivity index (χ0v) is 12.8. The molecule has 2 heterocycles. The van der Waals surface area contributed by atoms with E-state index < -0.39 is 0 Å². The predicted octanol–water partition coefficient (Wildman–Crippen LogP) is 1.92. The van der Waals surface area contributed by atoms with Gasteiger partial charge in [-0.05, 0) is 43.7 Å². The van der Waals surface area contributed by atoms with Crippen molar-refractivity contribution in [3.8, 4) is 0 Å².